The zero-order valence-electron chi connectivity index (χ0n) is 10.3. The topological polar surface area (TPSA) is 75.3 Å². The lowest BCUT2D eigenvalue weighted by atomic mass is 10.1. The average Bonchev–Trinajstić information content (AvgIpc) is 2.37. The van der Waals surface area contributed by atoms with E-state index >= 15 is 0 Å². The van der Waals surface area contributed by atoms with Crippen molar-refractivity contribution in [2.45, 2.75) is 6.92 Å². The number of hydrogen-bond acceptors (Lipinski definition) is 3. The standard InChI is InChI=1S/C14H13FN2O2/c1-8-10(3-2-4-13(8)18)14(19)17-12-7-9(16)5-6-11(12)15/h2-7,18H,16H2,1H3,(H,17,19). The van der Waals surface area contributed by atoms with Gasteiger partial charge in [0.25, 0.3) is 5.91 Å². The summed E-state index contributed by atoms with van der Waals surface area (Å²) < 4.78 is 13.5. The molecule has 0 heterocycles. The Balaban J connectivity index is 2.31. The van der Waals surface area contributed by atoms with Crippen LogP contribution in [0.2, 0.25) is 0 Å². The van der Waals surface area contributed by atoms with Crippen LogP contribution < -0.4 is 11.1 Å². The van der Waals surface area contributed by atoms with E-state index in [1.54, 1.807) is 19.1 Å². The number of amides is 1. The van der Waals surface area contributed by atoms with Crippen molar-refractivity contribution in [2.75, 3.05) is 11.1 Å². The van der Waals surface area contributed by atoms with Gasteiger partial charge in [-0.05, 0) is 37.3 Å². The minimum atomic E-state index is -0.569. The number of phenolic OH excluding ortho intramolecular Hbond substituents is 1. The lowest BCUT2D eigenvalue weighted by molar-refractivity contribution is 0.102. The first-order chi connectivity index (χ1) is 8.99. The van der Waals surface area contributed by atoms with Gasteiger partial charge in [-0.2, -0.15) is 0 Å². The number of phenols is 1. The van der Waals surface area contributed by atoms with Crippen molar-refractivity contribution in [3.05, 3.63) is 53.3 Å². The minimum Gasteiger partial charge on any atom is -0.508 e. The molecule has 1 amide bonds. The number of benzene rings is 2. The summed E-state index contributed by atoms with van der Waals surface area (Å²) >= 11 is 0. The minimum absolute atomic E-state index is 0.00717. The summed E-state index contributed by atoms with van der Waals surface area (Å²) in [4.78, 5) is 12.0. The van der Waals surface area contributed by atoms with Crippen molar-refractivity contribution in [3.8, 4) is 5.75 Å². The van der Waals surface area contributed by atoms with Crippen LogP contribution >= 0.6 is 0 Å². The molecular weight excluding hydrogens is 247 g/mol. The van der Waals surface area contributed by atoms with Crippen LogP contribution in [0, 0.1) is 12.7 Å². The van der Waals surface area contributed by atoms with Crippen molar-refractivity contribution in [3.63, 3.8) is 0 Å². The van der Waals surface area contributed by atoms with E-state index in [0.717, 1.165) is 0 Å². The van der Waals surface area contributed by atoms with Gasteiger partial charge in [-0.25, -0.2) is 4.39 Å². The van der Waals surface area contributed by atoms with Gasteiger partial charge in [-0.1, -0.05) is 6.07 Å². The lowest BCUT2D eigenvalue weighted by Gasteiger charge is -2.10. The normalized spacial score (nSPS) is 10.2. The van der Waals surface area contributed by atoms with Crippen LogP contribution in [0.15, 0.2) is 36.4 Å². The summed E-state index contributed by atoms with van der Waals surface area (Å²) in [6, 6.07) is 8.50. The largest absolute Gasteiger partial charge is 0.508 e. The number of nitrogen functional groups attached to an aromatic ring is 1. The Morgan fingerprint density at radius 2 is 2.05 bits per heavy atom. The molecule has 0 aliphatic carbocycles. The molecule has 0 aliphatic heterocycles. The predicted octanol–water partition coefficient (Wildman–Crippen LogP) is 2.67. The first kappa shape index (κ1) is 12.9. The van der Waals surface area contributed by atoms with Crippen molar-refractivity contribution in [1.82, 2.24) is 0 Å². The Morgan fingerprint density at radius 1 is 1.32 bits per heavy atom. The summed E-state index contributed by atoms with van der Waals surface area (Å²) in [6.45, 7) is 1.61. The highest BCUT2D eigenvalue weighted by molar-refractivity contribution is 6.05. The number of nitrogens with two attached hydrogens (primary N) is 1. The SMILES string of the molecule is Cc1c(O)cccc1C(=O)Nc1cc(N)ccc1F. The second-order valence-corrected chi connectivity index (χ2v) is 4.14. The molecule has 0 fully saturated rings. The molecule has 2 rings (SSSR count). The Morgan fingerprint density at radius 3 is 2.79 bits per heavy atom. The summed E-state index contributed by atoms with van der Waals surface area (Å²) in [7, 11) is 0. The van der Waals surface area contributed by atoms with Gasteiger partial charge in [0, 0.05) is 16.8 Å². The molecule has 0 bridgehead atoms. The second-order valence-electron chi connectivity index (χ2n) is 4.14. The molecule has 4 N–H and O–H groups in total. The van der Waals surface area contributed by atoms with Crippen molar-refractivity contribution < 1.29 is 14.3 Å². The van der Waals surface area contributed by atoms with Crippen LogP contribution in [0.25, 0.3) is 0 Å². The monoisotopic (exact) mass is 260 g/mol. The maximum absolute atomic E-state index is 13.5. The van der Waals surface area contributed by atoms with Gasteiger partial charge in [0.05, 0.1) is 5.69 Å². The number of rotatable bonds is 2. The van der Waals surface area contributed by atoms with Crippen molar-refractivity contribution in [2.24, 2.45) is 0 Å². The maximum atomic E-state index is 13.5. The van der Waals surface area contributed by atoms with Crippen LogP contribution in [0.1, 0.15) is 15.9 Å². The van der Waals surface area contributed by atoms with Crippen LogP contribution in [0.5, 0.6) is 5.75 Å². The van der Waals surface area contributed by atoms with Crippen LogP contribution in [-0.2, 0) is 0 Å². The van der Waals surface area contributed by atoms with Gasteiger partial charge < -0.3 is 16.2 Å². The summed E-state index contributed by atoms with van der Waals surface area (Å²) in [6.07, 6.45) is 0. The fourth-order valence-corrected chi connectivity index (χ4v) is 1.70. The second kappa shape index (κ2) is 4.97. The maximum Gasteiger partial charge on any atom is 0.256 e. The summed E-state index contributed by atoms with van der Waals surface area (Å²) in [5, 5.41) is 12.0. The molecule has 0 atom stereocenters. The highest BCUT2D eigenvalue weighted by Gasteiger charge is 2.13. The molecule has 0 radical (unpaired) electrons. The Labute approximate surface area is 109 Å². The smallest absolute Gasteiger partial charge is 0.256 e. The average molecular weight is 260 g/mol. The van der Waals surface area contributed by atoms with Gasteiger partial charge in [-0.15, -0.1) is 0 Å². The molecule has 0 aliphatic rings. The van der Waals surface area contributed by atoms with E-state index < -0.39 is 11.7 Å². The highest BCUT2D eigenvalue weighted by Crippen LogP contribution is 2.22. The molecule has 5 heteroatoms. The Hall–Kier alpha value is -2.56. The third kappa shape index (κ3) is 2.65. The summed E-state index contributed by atoms with van der Waals surface area (Å²) in [5.74, 6) is -1.06. The van der Waals surface area contributed by atoms with E-state index in [1.165, 1.54) is 24.3 Å². The van der Waals surface area contributed by atoms with Crippen molar-refractivity contribution in [1.29, 1.82) is 0 Å². The van der Waals surface area contributed by atoms with Crippen LogP contribution in [0.3, 0.4) is 0 Å². The number of carbonyl (C=O) groups is 1. The molecule has 0 saturated carbocycles. The third-order valence-electron chi connectivity index (χ3n) is 2.79. The predicted molar refractivity (Wildman–Crippen MR) is 71.6 cm³/mol. The number of nitrogens with one attached hydrogen (secondary N) is 1. The van der Waals surface area contributed by atoms with E-state index in [9.17, 15) is 14.3 Å². The number of halogens is 1. The molecule has 98 valence electrons. The molecule has 19 heavy (non-hydrogen) atoms. The molecule has 0 aromatic heterocycles. The molecule has 4 nitrogen and oxygen atoms in total. The number of hydrogen-bond donors (Lipinski definition) is 3. The molecule has 0 saturated heterocycles. The van der Waals surface area contributed by atoms with E-state index in [1.807, 2.05) is 0 Å². The Bertz CT molecular complexity index is 641. The lowest BCUT2D eigenvalue weighted by Crippen LogP contribution is -2.14. The van der Waals surface area contributed by atoms with Gasteiger partial charge in [0.2, 0.25) is 0 Å². The number of anilines is 2. The number of carbonyl (C=O) groups excluding carboxylic acids is 1. The summed E-state index contributed by atoms with van der Waals surface area (Å²) in [5.41, 5.74) is 6.61. The first-order valence-electron chi connectivity index (χ1n) is 5.64. The van der Waals surface area contributed by atoms with Crippen LogP contribution in [-0.4, -0.2) is 11.0 Å². The first-order valence-corrected chi connectivity index (χ1v) is 5.64. The van der Waals surface area contributed by atoms with Crippen LogP contribution in [0.4, 0.5) is 15.8 Å². The van der Waals surface area contributed by atoms with Gasteiger partial charge in [-0.3, -0.25) is 4.79 Å². The van der Waals surface area contributed by atoms with Gasteiger partial charge in [0.1, 0.15) is 11.6 Å². The number of aromatic hydroxyl groups is 1. The molecule has 2 aromatic carbocycles. The van der Waals surface area contributed by atoms with Gasteiger partial charge in [0.15, 0.2) is 0 Å². The van der Waals surface area contributed by atoms with E-state index in [4.69, 9.17) is 5.73 Å². The van der Waals surface area contributed by atoms with E-state index in [-0.39, 0.29) is 17.0 Å². The molecule has 2 aromatic rings. The van der Waals surface area contributed by atoms with Crippen molar-refractivity contribution >= 4 is 17.3 Å². The fourth-order valence-electron chi connectivity index (χ4n) is 1.70. The van der Waals surface area contributed by atoms with E-state index in [2.05, 4.69) is 5.32 Å². The zero-order chi connectivity index (χ0) is 14.0. The zero-order valence-corrected chi connectivity index (χ0v) is 10.3. The van der Waals surface area contributed by atoms with Gasteiger partial charge >= 0.3 is 0 Å². The fraction of sp³-hybridized carbons (Fsp3) is 0.0714. The van der Waals surface area contributed by atoms with E-state index in [0.29, 0.717) is 11.3 Å². The molecular formula is C14H13FN2O2. The highest BCUT2D eigenvalue weighted by atomic mass is 19.1. The molecule has 0 unspecified atom stereocenters. The molecule has 0 spiro atoms. The quantitative estimate of drug-likeness (QED) is 0.727. The third-order valence-corrected chi connectivity index (χ3v) is 2.79. The Kier molecular flexibility index (Phi) is 3.37.